The van der Waals surface area contributed by atoms with Crippen LogP contribution in [0.15, 0.2) is 39.6 Å². The number of sulfonamides is 1. The van der Waals surface area contributed by atoms with Crippen molar-refractivity contribution in [1.82, 2.24) is 4.31 Å². The van der Waals surface area contributed by atoms with Crippen LogP contribution in [-0.2, 0) is 16.6 Å². The summed E-state index contributed by atoms with van der Waals surface area (Å²) in [6, 6.07) is 7.74. The molecule has 2 heterocycles. The summed E-state index contributed by atoms with van der Waals surface area (Å²) in [6.07, 6.45) is 1.79. The average Bonchev–Trinajstić information content (AvgIpc) is 3.05. The summed E-state index contributed by atoms with van der Waals surface area (Å²) < 4.78 is 32.9. The molecule has 0 saturated carbocycles. The predicted octanol–water partition coefficient (Wildman–Crippen LogP) is 3.55. The molecule has 0 amide bonds. The monoisotopic (exact) mass is 407 g/mol. The van der Waals surface area contributed by atoms with E-state index >= 15 is 0 Å². The predicted molar refractivity (Wildman–Crippen MR) is 106 cm³/mol. The molecule has 0 bridgehead atoms. The van der Waals surface area contributed by atoms with Crippen LogP contribution in [0.5, 0.6) is 0 Å². The topological polar surface area (TPSA) is 96.9 Å². The maximum Gasteiger partial charge on any atom is 0.293 e. The highest BCUT2D eigenvalue weighted by molar-refractivity contribution is 7.89. The molecule has 2 aromatic rings. The third-order valence-electron chi connectivity index (χ3n) is 5.00. The van der Waals surface area contributed by atoms with Gasteiger partial charge in [-0.3, -0.25) is 10.1 Å². The maximum absolute atomic E-state index is 13.0. The summed E-state index contributed by atoms with van der Waals surface area (Å²) in [7, 11) is -2.05. The standard InChI is InChI=1S/C19H25N3O5S/c1-14-5-4-10-21(12-14)28(25,26)17-8-9-18(19(11-17)22(23)24)20(3)13-16-7-6-15(2)27-16/h6-9,11,14H,4-5,10,12-13H2,1-3H3/t14-/m0/s1. The van der Waals surface area contributed by atoms with Crippen LogP contribution in [0.1, 0.15) is 31.3 Å². The van der Waals surface area contributed by atoms with Gasteiger partial charge in [0.15, 0.2) is 0 Å². The van der Waals surface area contributed by atoms with Gasteiger partial charge in [-0.1, -0.05) is 6.92 Å². The molecule has 0 unspecified atom stereocenters. The first-order valence-electron chi connectivity index (χ1n) is 9.23. The van der Waals surface area contributed by atoms with Crippen LogP contribution in [0.3, 0.4) is 0 Å². The van der Waals surface area contributed by atoms with E-state index < -0.39 is 14.9 Å². The molecule has 1 atom stereocenters. The molecule has 1 aliphatic rings. The third-order valence-corrected chi connectivity index (χ3v) is 6.86. The van der Waals surface area contributed by atoms with E-state index in [0.717, 1.165) is 24.7 Å². The van der Waals surface area contributed by atoms with Gasteiger partial charge in [0.1, 0.15) is 17.2 Å². The Kier molecular flexibility index (Phi) is 5.76. The van der Waals surface area contributed by atoms with Crippen LogP contribution in [0.4, 0.5) is 11.4 Å². The quantitative estimate of drug-likeness (QED) is 0.537. The number of piperidine rings is 1. The zero-order chi connectivity index (χ0) is 20.5. The van der Waals surface area contributed by atoms with Crippen molar-refractivity contribution in [3.05, 3.63) is 52.0 Å². The van der Waals surface area contributed by atoms with Crippen molar-refractivity contribution in [3.8, 4) is 0 Å². The Morgan fingerprint density at radius 3 is 2.68 bits per heavy atom. The summed E-state index contributed by atoms with van der Waals surface area (Å²) in [5.74, 6) is 1.71. The minimum Gasteiger partial charge on any atom is -0.464 e. The Labute approximate surface area is 164 Å². The molecule has 1 fully saturated rings. The number of furan rings is 1. The Bertz CT molecular complexity index is 970. The van der Waals surface area contributed by atoms with Crippen molar-refractivity contribution in [2.24, 2.45) is 5.92 Å². The van der Waals surface area contributed by atoms with E-state index in [9.17, 15) is 18.5 Å². The van der Waals surface area contributed by atoms with Crippen LogP contribution >= 0.6 is 0 Å². The first-order chi connectivity index (χ1) is 13.2. The number of hydrogen-bond acceptors (Lipinski definition) is 6. The second-order valence-corrected chi connectivity index (χ2v) is 9.32. The second-order valence-electron chi connectivity index (χ2n) is 7.39. The normalized spacial score (nSPS) is 18.2. The zero-order valence-electron chi connectivity index (χ0n) is 16.3. The van der Waals surface area contributed by atoms with Crippen molar-refractivity contribution in [3.63, 3.8) is 0 Å². The summed E-state index contributed by atoms with van der Waals surface area (Å²) in [6.45, 7) is 5.06. The van der Waals surface area contributed by atoms with E-state index in [1.807, 2.05) is 26.0 Å². The molecule has 1 aromatic carbocycles. The summed E-state index contributed by atoms with van der Waals surface area (Å²) in [5.41, 5.74) is 0.0990. The number of aryl methyl sites for hydroxylation is 1. The van der Waals surface area contributed by atoms with Crippen molar-refractivity contribution < 1.29 is 17.8 Å². The minimum atomic E-state index is -3.76. The van der Waals surface area contributed by atoms with Crippen LogP contribution in [-0.4, -0.2) is 37.8 Å². The molecule has 8 nitrogen and oxygen atoms in total. The van der Waals surface area contributed by atoms with Crippen molar-refractivity contribution in [1.29, 1.82) is 0 Å². The highest BCUT2D eigenvalue weighted by atomic mass is 32.2. The Morgan fingerprint density at radius 2 is 2.07 bits per heavy atom. The molecule has 0 spiro atoms. The van der Waals surface area contributed by atoms with E-state index in [1.54, 1.807) is 11.9 Å². The molecule has 0 aliphatic carbocycles. The van der Waals surface area contributed by atoms with Crippen LogP contribution < -0.4 is 4.90 Å². The Balaban J connectivity index is 1.91. The summed E-state index contributed by atoms with van der Waals surface area (Å²) in [4.78, 5) is 12.7. The highest BCUT2D eigenvalue weighted by Gasteiger charge is 2.31. The number of nitro benzene ring substituents is 1. The fourth-order valence-corrected chi connectivity index (χ4v) is 5.15. The van der Waals surface area contributed by atoms with Crippen molar-refractivity contribution >= 4 is 21.4 Å². The van der Waals surface area contributed by atoms with E-state index in [-0.39, 0.29) is 16.5 Å². The number of nitrogens with zero attached hydrogens (tertiary/aromatic N) is 3. The van der Waals surface area contributed by atoms with Crippen molar-refractivity contribution in [2.75, 3.05) is 25.0 Å². The number of rotatable bonds is 6. The second kappa shape index (κ2) is 7.92. The lowest BCUT2D eigenvalue weighted by atomic mass is 10.0. The number of nitro groups is 1. The van der Waals surface area contributed by atoms with Crippen LogP contribution in [0.2, 0.25) is 0 Å². The molecule has 0 radical (unpaired) electrons. The molecule has 3 rings (SSSR count). The molecular formula is C19H25N3O5S. The third kappa shape index (κ3) is 4.20. The molecule has 1 saturated heterocycles. The first kappa shape index (κ1) is 20.3. The van der Waals surface area contributed by atoms with Gasteiger partial charge in [0.2, 0.25) is 10.0 Å². The van der Waals surface area contributed by atoms with Crippen LogP contribution in [0, 0.1) is 23.0 Å². The number of anilines is 1. The van der Waals surface area contributed by atoms with Gasteiger partial charge in [-0.2, -0.15) is 4.31 Å². The van der Waals surface area contributed by atoms with Gasteiger partial charge in [0.25, 0.3) is 5.69 Å². The smallest absolute Gasteiger partial charge is 0.293 e. The Hall–Kier alpha value is -2.39. The Morgan fingerprint density at radius 1 is 1.32 bits per heavy atom. The van der Waals surface area contributed by atoms with E-state index in [0.29, 0.717) is 31.1 Å². The van der Waals surface area contributed by atoms with Crippen LogP contribution in [0.25, 0.3) is 0 Å². The lowest BCUT2D eigenvalue weighted by Crippen LogP contribution is -2.39. The van der Waals surface area contributed by atoms with E-state index in [2.05, 4.69) is 0 Å². The number of benzene rings is 1. The lowest BCUT2D eigenvalue weighted by Gasteiger charge is -2.30. The van der Waals surface area contributed by atoms with E-state index in [4.69, 9.17) is 4.42 Å². The summed E-state index contributed by atoms with van der Waals surface area (Å²) >= 11 is 0. The van der Waals surface area contributed by atoms with Gasteiger partial charge >= 0.3 is 0 Å². The van der Waals surface area contributed by atoms with Gasteiger partial charge < -0.3 is 9.32 Å². The van der Waals surface area contributed by atoms with Gasteiger partial charge in [-0.15, -0.1) is 0 Å². The molecule has 1 aromatic heterocycles. The average molecular weight is 407 g/mol. The molecular weight excluding hydrogens is 382 g/mol. The first-order valence-corrected chi connectivity index (χ1v) is 10.7. The lowest BCUT2D eigenvalue weighted by molar-refractivity contribution is -0.384. The van der Waals surface area contributed by atoms with Gasteiger partial charge in [-0.05, 0) is 49.9 Å². The fourth-order valence-electron chi connectivity index (χ4n) is 3.54. The SMILES string of the molecule is Cc1ccc(CN(C)c2ccc(S(=O)(=O)N3CCC[C@H](C)C3)cc2[N+](=O)[O-])o1. The fraction of sp³-hybridized carbons (Fsp3) is 0.474. The molecule has 28 heavy (non-hydrogen) atoms. The largest absolute Gasteiger partial charge is 0.464 e. The maximum atomic E-state index is 13.0. The molecule has 1 aliphatic heterocycles. The van der Waals surface area contributed by atoms with Gasteiger partial charge in [0, 0.05) is 26.2 Å². The zero-order valence-corrected chi connectivity index (χ0v) is 17.1. The van der Waals surface area contributed by atoms with Gasteiger partial charge in [0.05, 0.1) is 16.4 Å². The van der Waals surface area contributed by atoms with E-state index in [1.165, 1.54) is 16.4 Å². The molecule has 152 valence electrons. The minimum absolute atomic E-state index is 0.0423. The number of hydrogen-bond donors (Lipinski definition) is 0. The molecule has 9 heteroatoms. The van der Waals surface area contributed by atoms with Crippen molar-refractivity contribution in [2.45, 2.75) is 38.1 Å². The molecule has 0 N–H and O–H groups in total. The summed E-state index contributed by atoms with van der Waals surface area (Å²) in [5, 5.41) is 11.6. The highest BCUT2D eigenvalue weighted by Crippen LogP contribution is 2.33. The van der Waals surface area contributed by atoms with Gasteiger partial charge in [-0.25, -0.2) is 8.42 Å².